The smallest absolute Gasteiger partial charge is 0.0898 e. The summed E-state index contributed by atoms with van der Waals surface area (Å²) in [6.45, 7) is 3.74. The molecule has 2 rings (SSSR count). The molecular weight excluding hydrogens is 224 g/mol. The Morgan fingerprint density at radius 3 is 2.89 bits per heavy atom. The molecule has 0 spiro atoms. The van der Waals surface area contributed by atoms with Crippen molar-refractivity contribution in [1.82, 2.24) is 0 Å². The largest absolute Gasteiger partial charge is 0.501 e. The molecule has 0 saturated carbocycles. The van der Waals surface area contributed by atoms with Gasteiger partial charge in [0.1, 0.15) is 0 Å². The molecule has 0 radical (unpaired) electrons. The molecular formula is C16H22O2. The average Bonchev–Trinajstić information content (AvgIpc) is 2.45. The molecule has 1 fully saturated rings. The lowest BCUT2D eigenvalue weighted by molar-refractivity contribution is 0.000886. The van der Waals surface area contributed by atoms with E-state index in [0.29, 0.717) is 6.10 Å². The van der Waals surface area contributed by atoms with Gasteiger partial charge >= 0.3 is 0 Å². The summed E-state index contributed by atoms with van der Waals surface area (Å²) >= 11 is 0. The molecule has 1 aliphatic rings. The van der Waals surface area contributed by atoms with Crippen molar-refractivity contribution < 1.29 is 9.47 Å². The Hall–Kier alpha value is -1.28. The van der Waals surface area contributed by atoms with Crippen LogP contribution in [0.25, 0.3) is 5.57 Å². The predicted octanol–water partition coefficient (Wildman–Crippen LogP) is 4.02. The van der Waals surface area contributed by atoms with Crippen molar-refractivity contribution in [3.63, 3.8) is 0 Å². The molecule has 1 atom stereocenters. The number of benzene rings is 1. The van der Waals surface area contributed by atoms with Gasteiger partial charge in [0.15, 0.2) is 0 Å². The van der Waals surface area contributed by atoms with Crippen LogP contribution >= 0.6 is 0 Å². The van der Waals surface area contributed by atoms with Gasteiger partial charge < -0.3 is 9.47 Å². The third-order valence-electron chi connectivity index (χ3n) is 3.32. The molecule has 98 valence electrons. The Morgan fingerprint density at radius 1 is 1.33 bits per heavy atom. The summed E-state index contributed by atoms with van der Waals surface area (Å²) < 4.78 is 11.3. The van der Waals surface area contributed by atoms with Gasteiger partial charge in [0, 0.05) is 13.0 Å². The van der Waals surface area contributed by atoms with Crippen LogP contribution in [-0.2, 0) is 9.47 Å². The van der Waals surface area contributed by atoms with Crippen LogP contribution in [0.4, 0.5) is 0 Å². The molecule has 1 aromatic rings. The SMILES string of the molecule is C/C(=C/OCCC1CCCCO1)c1ccccc1. The maximum absolute atomic E-state index is 5.67. The van der Waals surface area contributed by atoms with Crippen LogP contribution in [0.15, 0.2) is 36.6 Å². The van der Waals surface area contributed by atoms with Crippen LogP contribution < -0.4 is 0 Å². The fourth-order valence-electron chi connectivity index (χ4n) is 2.19. The van der Waals surface area contributed by atoms with Gasteiger partial charge in [-0.05, 0) is 37.3 Å². The van der Waals surface area contributed by atoms with Crippen LogP contribution in [-0.4, -0.2) is 19.3 Å². The fraction of sp³-hybridized carbons (Fsp3) is 0.500. The highest BCUT2D eigenvalue weighted by Gasteiger charge is 2.12. The first-order valence-corrected chi connectivity index (χ1v) is 6.81. The highest BCUT2D eigenvalue weighted by molar-refractivity contribution is 5.62. The van der Waals surface area contributed by atoms with Gasteiger partial charge in [-0.2, -0.15) is 0 Å². The molecule has 0 bridgehead atoms. The first kappa shape index (κ1) is 13.2. The van der Waals surface area contributed by atoms with Crippen molar-refractivity contribution >= 4 is 5.57 Å². The fourth-order valence-corrected chi connectivity index (χ4v) is 2.19. The highest BCUT2D eigenvalue weighted by Crippen LogP contribution is 2.16. The van der Waals surface area contributed by atoms with Gasteiger partial charge in [-0.3, -0.25) is 0 Å². The summed E-state index contributed by atoms with van der Waals surface area (Å²) in [5.74, 6) is 0. The molecule has 1 heterocycles. The summed E-state index contributed by atoms with van der Waals surface area (Å²) in [5, 5.41) is 0. The van der Waals surface area contributed by atoms with Crippen molar-refractivity contribution in [3.05, 3.63) is 42.2 Å². The quantitative estimate of drug-likeness (QED) is 0.577. The summed E-state index contributed by atoms with van der Waals surface area (Å²) in [7, 11) is 0. The number of rotatable bonds is 5. The Kier molecular flexibility index (Phi) is 5.28. The summed E-state index contributed by atoms with van der Waals surface area (Å²) in [5.41, 5.74) is 2.38. The Bertz CT molecular complexity index is 364. The minimum atomic E-state index is 0.407. The zero-order valence-corrected chi connectivity index (χ0v) is 11.1. The maximum atomic E-state index is 5.67. The number of ether oxygens (including phenoxy) is 2. The maximum Gasteiger partial charge on any atom is 0.0898 e. The molecule has 1 aliphatic heterocycles. The van der Waals surface area contributed by atoms with Crippen LogP contribution in [0.3, 0.4) is 0 Å². The Balaban J connectivity index is 1.70. The van der Waals surface area contributed by atoms with Gasteiger partial charge in [0.05, 0.1) is 19.0 Å². The average molecular weight is 246 g/mol. The van der Waals surface area contributed by atoms with E-state index >= 15 is 0 Å². The predicted molar refractivity (Wildman–Crippen MR) is 74.3 cm³/mol. The molecule has 2 heteroatoms. The van der Waals surface area contributed by atoms with Gasteiger partial charge in [-0.25, -0.2) is 0 Å². The molecule has 1 saturated heterocycles. The molecule has 1 aromatic carbocycles. The Morgan fingerprint density at radius 2 is 2.17 bits per heavy atom. The van der Waals surface area contributed by atoms with E-state index in [2.05, 4.69) is 19.1 Å². The van der Waals surface area contributed by atoms with Crippen LogP contribution in [0.2, 0.25) is 0 Å². The lowest BCUT2D eigenvalue weighted by Gasteiger charge is -2.22. The van der Waals surface area contributed by atoms with E-state index in [0.717, 1.165) is 19.6 Å². The second kappa shape index (κ2) is 7.22. The lowest BCUT2D eigenvalue weighted by Crippen LogP contribution is -2.20. The number of hydrogen-bond acceptors (Lipinski definition) is 2. The second-order valence-electron chi connectivity index (χ2n) is 4.81. The Labute approximate surface area is 110 Å². The monoisotopic (exact) mass is 246 g/mol. The minimum Gasteiger partial charge on any atom is -0.501 e. The summed E-state index contributed by atoms with van der Waals surface area (Å²) in [6, 6.07) is 10.3. The molecule has 0 N–H and O–H groups in total. The molecule has 0 aromatic heterocycles. The van der Waals surface area contributed by atoms with Crippen LogP contribution in [0.5, 0.6) is 0 Å². The standard InChI is InChI=1S/C16H22O2/c1-14(15-7-3-2-4-8-15)13-17-12-10-16-9-5-6-11-18-16/h2-4,7-8,13,16H,5-6,9-12H2,1H3/b14-13-. The topological polar surface area (TPSA) is 18.5 Å². The summed E-state index contributed by atoms with van der Waals surface area (Å²) in [4.78, 5) is 0. The van der Waals surface area contributed by atoms with E-state index in [9.17, 15) is 0 Å². The van der Waals surface area contributed by atoms with E-state index in [1.54, 1.807) is 0 Å². The normalized spacial score (nSPS) is 20.7. The third-order valence-corrected chi connectivity index (χ3v) is 3.32. The minimum absolute atomic E-state index is 0.407. The van der Waals surface area contributed by atoms with Gasteiger partial charge in [0.25, 0.3) is 0 Å². The zero-order chi connectivity index (χ0) is 12.6. The molecule has 1 unspecified atom stereocenters. The van der Waals surface area contributed by atoms with Gasteiger partial charge in [-0.1, -0.05) is 30.3 Å². The van der Waals surface area contributed by atoms with E-state index in [1.165, 1.54) is 30.4 Å². The van der Waals surface area contributed by atoms with E-state index in [-0.39, 0.29) is 0 Å². The van der Waals surface area contributed by atoms with Crippen molar-refractivity contribution in [2.24, 2.45) is 0 Å². The van der Waals surface area contributed by atoms with E-state index in [1.807, 2.05) is 24.5 Å². The third kappa shape index (κ3) is 4.19. The molecule has 2 nitrogen and oxygen atoms in total. The molecule has 0 amide bonds. The second-order valence-corrected chi connectivity index (χ2v) is 4.81. The highest BCUT2D eigenvalue weighted by atomic mass is 16.5. The van der Waals surface area contributed by atoms with Crippen molar-refractivity contribution in [3.8, 4) is 0 Å². The summed E-state index contributed by atoms with van der Waals surface area (Å²) in [6.07, 6.45) is 6.96. The van der Waals surface area contributed by atoms with Crippen molar-refractivity contribution in [1.29, 1.82) is 0 Å². The number of allylic oxidation sites excluding steroid dienone is 1. The van der Waals surface area contributed by atoms with Crippen molar-refractivity contribution in [2.75, 3.05) is 13.2 Å². The van der Waals surface area contributed by atoms with Gasteiger partial charge in [-0.15, -0.1) is 0 Å². The molecule has 18 heavy (non-hydrogen) atoms. The number of hydrogen-bond donors (Lipinski definition) is 0. The van der Waals surface area contributed by atoms with E-state index < -0.39 is 0 Å². The zero-order valence-electron chi connectivity index (χ0n) is 11.1. The first-order chi connectivity index (χ1) is 8.86. The van der Waals surface area contributed by atoms with Crippen LogP contribution in [0.1, 0.15) is 38.2 Å². The van der Waals surface area contributed by atoms with Gasteiger partial charge in [0.2, 0.25) is 0 Å². The molecule has 0 aliphatic carbocycles. The first-order valence-electron chi connectivity index (χ1n) is 6.81. The van der Waals surface area contributed by atoms with E-state index in [4.69, 9.17) is 9.47 Å². The van der Waals surface area contributed by atoms with Crippen LogP contribution in [0, 0.1) is 0 Å². The lowest BCUT2D eigenvalue weighted by atomic mass is 10.1. The van der Waals surface area contributed by atoms with Crippen molar-refractivity contribution in [2.45, 2.75) is 38.7 Å².